The summed E-state index contributed by atoms with van der Waals surface area (Å²) in [7, 11) is 0. The molecule has 3 N–H and O–H groups in total. The molecule has 0 bridgehead atoms. The Morgan fingerprint density at radius 3 is 2.48 bits per heavy atom. The molecule has 0 aliphatic heterocycles. The minimum atomic E-state index is -0.372. The van der Waals surface area contributed by atoms with E-state index in [0.717, 1.165) is 50.1 Å². The van der Waals surface area contributed by atoms with E-state index in [-0.39, 0.29) is 22.6 Å². The lowest BCUT2D eigenvalue weighted by Crippen LogP contribution is -2.17. The highest BCUT2D eigenvalue weighted by Gasteiger charge is 2.41. The SMILES string of the molecule is CCCNc1cc(NCC2(CCO)CC2)cc([N+](=O)[O-])c1. The van der Waals surface area contributed by atoms with E-state index in [2.05, 4.69) is 17.6 Å². The zero-order valence-corrected chi connectivity index (χ0v) is 12.4. The van der Waals surface area contributed by atoms with Crippen LogP contribution in [0, 0.1) is 15.5 Å². The van der Waals surface area contributed by atoms with Gasteiger partial charge in [0.15, 0.2) is 0 Å². The molecule has 0 spiro atoms. The maximum absolute atomic E-state index is 11.0. The summed E-state index contributed by atoms with van der Waals surface area (Å²) in [6.45, 7) is 3.78. The van der Waals surface area contributed by atoms with Crippen LogP contribution in [0.5, 0.6) is 0 Å². The molecule has 1 aliphatic carbocycles. The van der Waals surface area contributed by atoms with Gasteiger partial charge >= 0.3 is 0 Å². The van der Waals surface area contributed by atoms with Crippen LogP contribution < -0.4 is 10.6 Å². The van der Waals surface area contributed by atoms with E-state index in [1.54, 1.807) is 12.1 Å². The Bertz CT molecular complexity index is 501. The summed E-state index contributed by atoms with van der Waals surface area (Å²) in [6.07, 6.45) is 3.97. The third-order valence-electron chi connectivity index (χ3n) is 3.97. The van der Waals surface area contributed by atoms with Gasteiger partial charge < -0.3 is 15.7 Å². The number of anilines is 2. The monoisotopic (exact) mass is 293 g/mol. The summed E-state index contributed by atoms with van der Waals surface area (Å²) in [5.74, 6) is 0. The van der Waals surface area contributed by atoms with Crippen LogP contribution >= 0.6 is 0 Å². The van der Waals surface area contributed by atoms with Crippen LogP contribution in [-0.4, -0.2) is 29.7 Å². The van der Waals surface area contributed by atoms with E-state index in [1.165, 1.54) is 0 Å². The Kier molecular flexibility index (Phi) is 5.01. The van der Waals surface area contributed by atoms with Crippen molar-refractivity contribution in [1.29, 1.82) is 0 Å². The van der Waals surface area contributed by atoms with Crippen molar-refractivity contribution < 1.29 is 10.0 Å². The summed E-state index contributed by atoms with van der Waals surface area (Å²) in [6, 6.07) is 5.02. The van der Waals surface area contributed by atoms with Crippen molar-refractivity contribution in [3.63, 3.8) is 0 Å². The van der Waals surface area contributed by atoms with Gasteiger partial charge in [0, 0.05) is 43.2 Å². The number of nitro groups is 1. The molecule has 1 fully saturated rings. The van der Waals surface area contributed by atoms with E-state index in [0.29, 0.717) is 0 Å². The highest BCUT2D eigenvalue weighted by atomic mass is 16.6. The van der Waals surface area contributed by atoms with Gasteiger partial charge in [0.25, 0.3) is 5.69 Å². The van der Waals surface area contributed by atoms with E-state index in [4.69, 9.17) is 5.11 Å². The van der Waals surface area contributed by atoms with Crippen molar-refractivity contribution in [2.45, 2.75) is 32.6 Å². The van der Waals surface area contributed by atoms with E-state index >= 15 is 0 Å². The van der Waals surface area contributed by atoms with Crippen molar-refractivity contribution in [1.82, 2.24) is 0 Å². The molecule has 6 heteroatoms. The van der Waals surface area contributed by atoms with Crippen LogP contribution in [0.1, 0.15) is 32.6 Å². The molecule has 1 aromatic carbocycles. The molecule has 0 heterocycles. The topological polar surface area (TPSA) is 87.4 Å². The van der Waals surface area contributed by atoms with Crippen LogP contribution in [-0.2, 0) is 0 Å². The normalized spacial score (nSPS) is 15.5. The van der Waals surface area contributed by atoms with Gasteiger partial charge in [0.1, 0.15) is 0 Å². The Morgan fingerprint density at radius 2 is 1.95 bits per heavy atom. The van der Waals surface area contributed by atoms with Crippen LogP contribution in [0.15, 0.2) is 18.2 Å². The number of nitro benzene ring substituents is 1. The van der Waals surface area contributed by atoms with Crippen molar-refractivity contribution >= 4 is 17.1 Å². The average molecular weight is 293 g/mol. The van der Waals surface area contributed by atoms with Gasteiger partial charge in [-0.1, -0.05) is 6.92 Å². The molecule has 6 nitrogen and oxygen atoms in total. The first kappa shape index (κ1) is 15.6. The number of hydrogen-bond acceptors (Lipinski definition) is 5. The molecule has 1 aliphatic rings. The van der Waals surface area contributed by atoms with Gasteiger partial charge in [0.05, 0.1) is 4.92 Å². The van der Waals surface area contributed by atoms with E-state index in [1.807, 2.05) is 6.07 Å². The third-order valence-corrected chi connectivity index (χ3v) is 3.97. The minimum Gasteiger partial charge on any atom is -0.396 e. The minimum absolute atomic E-state index is 0.0885. The number of aliphatic hydroxyl groups is 1. The molecule has 0 saturated heterocycles. The largest absolute Gasteiger partial charge is 0.396 e. The molecule has 21 heavy (non-hydrogen) atoms. The first-order valence-corrected chi connectivity index (χ1v) is 7.47. The molecule has 0 atom stereocenters. The predicted molar refractivity (Wildman–Crippen MR) is 83.7 cm³/mol. The molecular formula is C15H23N3O3. The summed E-state index contributed by atoms with van der Waals surface area (Å²) in [5.41, 5.74) is 1.79. The number of nitrogens with one attached hydrogen (secondary N) is 2. The maximum atomic E-state index is 11.0. The second-order valence-electron chi connectivity index (χ2n) is 5.78. The summed E-state index contributed by atoms with van der Waals surface area (Å²) in [5, 5.41) is 26.6. The second-order valence-corrected chi connectivity index (χ2v) is 5.78. The number of aliphatic hydroxyl groups excluding tert-OH is 1. The predicted octanol–water partition coefficient (Wildman–Crippen LogP) is 2.99. The van der Waals surface area contributed by atoms with Gasteiger partial charge in [-0.05, 0) is 37.2 Å². The van der Waals surface area contributed by atoms with Crippen LogP contribution in [0.25, 0.3) is 0 Å². The highest BCUT2D eigenvalue weighted by molar-refractivity contribution is 5.63. The van der Waals surface area contributed by atoms with E-state index in [9.17, 15) is 10.1 Å². The lowest BCUT2D eigenvalue weighted by molar-refractivity contribution is -0.384. The van der Waals surface area contributed by atoms with Crippen LogP contribution in [0.3, 0.4) is 0 Å². The fraction of sp³-hybridized carbons (Fsp3) is 0.600. The Balaban J connectivity index is 2.06. The molecule has 1 aromatic rings. The maximum Gasteiger partial charge on any atom is 0.273 e. The standard InChI is InChI=1S/C15H23N3O3/c1-2-6-16-12-8-13(10-14(9-12)18(20)21)17-11-15(3-4-15)5-7-19/h8-10,16-17,19H,2-7,11H2,1H3. The second kappa shape index (κ2) is 6.76. The quantitative estimate of drug-likeness (QED) is 0.481. The highest BCUT2D eigenvalue weighted by Crippen LogP contribution is 2.48. The average Bonchev–Trinajstić information content (AvgIpc) is 3.23. The van der Waals surface area contributed by atoms with Crippen LogP contribution in [0.4, 0.5) is 17.1 Å². The van der Waals surface area contributed by atoms with Crippen molar-refractivity contribution in [2.24, 2.45) is 5.41 Å². The number of hydrogen-bond donors (Lipinski definition) is 3. The molecule has 0 unspecified atom stereocenters. The molecule has 0 radical (unpaired) electrons. The lowest BCUT2D eigenvalue weighted by Gasteiger charge is -2.16. The van der Waals surface area contributed by atoms with Gasteiger partial charge in [-0.15, -0.1) is 0 Å². The smallest absolute Gasteiger partial charge is 0.273 e. The van der Waals surface area contributed by atoms with Gasteiger partial charge in [0.2, 0.25) is 0 Å². The molecule has 116 valence electrons. The zero-order valence-electron chi connectivity index (χ0n) is 12.4. The molecule has 2 rings (SSSR count). The van der Waals surface area contributed by atoms with E-state index < -0.39 is 0 Å². The first-order valence-electron chi connectivity index (χ1n) is 7.47. The number of non-ortho nitro benzene ring substituents is 1. The van der Waals surface area contributed by atoms with Crippen molar-refractivity contribution in [2.75, 3.05) is 30.3 Å². The molecule has 0 amide bonds. The number of rotatable bonds is 9. The zero-order chi connectivity index (χ0) is 15.3. The third kappa shape index (κ3) is 4.32. The Hall–Kier alpha value is -1.82. The first-order chi connectivity index (χ1) is 10.1. The van der Waals surface area contributed by atoms with Gasteiger partial charge in [-0.2, -0.15) is 0 Å². The number of benzene rings is 1. The summed E-state index contributed by atoms with van der Waals surface area (Å²) >= 11 is 0. The molecular weight excluding hydrogens is 270 g/mol. The number of nitrogens with zero attached hydrogens (tertiary/aromatic N) is 1. The fourth-order valence-electron chi connectivity index (χ4n) is 2.41. The fourth-order valence-corrected chi connectivity index (χ4v) is 2.41. The lowest BCUT2D eigenvalue weighted by atomic mass is 10.0. The Morgan fingerprint density at radius 1 is 1.29 bits per heavy atom. The summed E-state index contributed by atoms with van der Waals surface area (Å²) in [4.78, 5) is 10.6. The van der Waals surface area contributed by atoms with Crippen LogP contribution in [0.2, 0.25) is 0 Å². The summed E-state index contributed by atoms with van der Waals surface area (Å²) < 4.78 is 0. The van der Waals surface area contributed by atoms with Gasteiger partial charge in [-0.25, -0.2) is 0 Å². The van der Waals surface area contributed by atoms with Gasteiger partial charge in [-0.3, -0.25) is 10.1 Å². The Labute approximate surface area is 124 Å². The molecule has 0 aromatic heterocycles. The molecule has 1 saturated carbocycles. The van der Waals surface area contributed by atoms with Crippen molar-refractivity contribution in [3.05, 3.63) is 28.3 Å². The van der Waals surface area contributed by atoms with Crippen molar-refractivity contribution in [3.8, 4) is 0 Å².